The zero-order valence-electron chi connectivity index (χ0n) is 5.50. The van der Waals surface area contributed by atoms with E-state index in [-0.39, 0.29) is 6.54 Å². The van der Waals surface area contributed by atoms with Gasteiger partial charge in [0.25, 0.3) is 0 Å². The van der Waals surface area contributed by atoms with Crippen molar-refractivity contribution in [1.82, 2.24) is 5.32 Å². The zero-order valence-corrected chi connectivity index (χ0v) is 5.50. The van der Waals surface area contributed by atoms with Crippen LogP contribution >= 0.6 is 0 Å². The van der Waals surface area contributed by atoms with Gasteiger partial charge in [0, 0.05) is 0 Å². The van der Waals surface area contributed by atoms with Crippen LogP contribution in [0.15, 0.2) is 0 Å². The highest BCUT2D eigenvalue weighted by Crippen LogP contribution is 2.18. The Hall–Kier alpha value is -0.690. The van der Waals surface area contributed by atoms with Crippen LogP contribution in [0.3, 0.4) is 0 Å². The van der Waals surface area contributed by atoms with E-state index in [9.17, 15) is 13.2 Å². The van der Waals surface area contributed by atoms with Crippen molar-refractivity contribution in [1.29, 1.82) is 0 Å². The zero-order chi connectivity index (χ0) is 8.20. The molecule has 0 saturated heterocycles. The average molecular weight is 151 g/mol. The fourth-order valence-electron chi connectivity index (χ4n) is 0.473. The molecule has 0 rings (SSSR count). The van der Waals surface area contributed by atoms with Crippen LogP contribution in [0.1, 0.15) is 6.92 Å². The maximum Gasteiger partial charge on any atom is 0.415 e. The summed E-state index contributed by atoms with van der Waals surface area (Å²) in [4.78, 5) is 0. The van der Waals surface area contributed by atoms with E-state index in [0.29, 0.717) is 0 Å². The molecule has 0 aromatic rings. The molecule has 10 heavy (non-hydrogen) atoms. The topological polar surface area (TPSA) is 12.0 Å². The fraction of sp³-hybridized carbons (Fsp3) is 0.667. The third kappa shape index (κ3) is 2.74. The number of hydrogen-bond donors (Lipinski definition) is 1. The maximum atomic E-state index is 11.7. The summed E-state index contributed by atoms with van der Waals surface area (Å²) in [5, 5.41) is 2.11. The highest BCUT2D eigenvalue weighted by molar-refractivity contribution is 5.02. The highest BCUT2D eigenvalue weighted by atomic mass is 19.4. The lowest BCUT2D eigenvalue weighted by molar-refractivity contribution is -0.141. The van der Waals surface area contributed by atoms with Crippen LogP contribution in [0.4, 0.5) is 13.2 Å². The van der Waals surface area contributed by atoms with E-state index in [2.05, 4.69) is 11.7 Å². The molecule has 0 aromatic carbocycles. The predicted molar refractivity (Wildman–Crippen MR) is 32.4 cm³/mol. The Morgan fingerprint density at radius 3 is 2.20 bits per heavy atom. The minimum atomic E-state index is -4.33. The number of rotatable bonds is 2. The van der Waals surface area contributed by atoms with Crippen molar-refractivity contribution in [3.63, 3.8) is 0 Å². The van der Waals surface area contributed by atoms with Gasteiger partial charge in [-0.05, 0) is 6.54 Å². The summed E-state index contributed by atoms with van der Waals surface area (Å²) in [6.45, 7) is 1.78. The molecule has 0 heterocycles. The van der Waals surface area contributed by atoms with E-state index < -0.39 is 12.2 Å². The van der Waals surface area contributed by atoms with Gasteiger partial charge in [0.1, 0.15) is 0 Å². The Morgan fingerprint density at radius 2 is 2.10 bits per heavy atom. The third-order valence-corrected chi connectivity index (χ3v) is 0.902. The van der Waals surface area contributed by atoms with Crippen molar-refractivity contribution in [2.75, 3.05) is 6.54 Å². The summed E-state index contributed by atoms with van der Waals surface area (Å²) >= 11 is 0. The SMILES string of the molecule is C#CC(NCC)C(F)(F)F. The van der Waals surface area contributed by atoms with Crippen LogP contribution < -0.4 is 5.32 Å². The second kappa shape index (κ2) is 3.47. The second-order valence-corrected chi connectivity index (χ2v) is 1.70. The molecule has 1 unspecified atom stereocenters. The normalized spacial score (nSPS) is 14.3. The van der Waals surface area contributed by atoms with Gasteiger partial charge < -0.3 is 0 Å². The Bertz CT molecular complexity index is 133. The summed E-state index contributed by atoms with van der Waals surface area (Å²) in [6, 6.07) is -1.81. The molecule has 0 bridgehead atoms. The van der Waals surface area contributed by atoms with Crippen LogP contribution in [0.25, 0.3) is 0 Å². The van der Waals surface area contributed by atoms with Crippen molar-refractivity contribution < 1.29 is 13.2 Å². The van der Waals surface area contributed by atoms with Gasteiger partial charge >= 0.3 is 6.18 Å². The molecule has 58 valence electrons. The van der Waals surface area contributed by atoms with Crippen molar-refractivity contribution in [3.05, 3.63) is 0 Å². The van der Waals surface area contributed by atoms with Gasteiger partial charge in [-0.1, -0.05) is 12.8 Å². The summed E-state index contributed by atoms with van der Waals surface area (Å²) < 4.78 is 35.1. The van der Waals surface area contributed by atoms with Crippen LogP contribution in [0, 0.1) is 12.3 Å². The molecule has 1 N–H and O–H groups in total. The molecule has 0 saturated carbocycles. The molecule has 0 fully saturated rings. The average Bonchev–Trinajstić information content (AvgIpc) is 1.80. The lowest BCUT2D eigenvalue weighted by Gasteiger charge is -2.14. The largest absolute Gasteiger partial charge is 0.415 e. The van der Waals surface area contributed by atoms with Crippen LogP contribution in [0.5, 0.6) is 0 Å². The summed E-state index contributed by atoms with van der Waals surface area (Å²) in [5.74, 6) is 1.61. The van der Waals surface area contributed by atoms with Crippen molar-refractivity contribution >= 4 is 0 Å². The first-order valence-corrected chi connectivity index (χ1v) is 2.78. The molecular formula is C6H8F3N. The molecule has 1 atom stereocenters. The van der Waals surface area contributed by atoms with Crippen LogP contribution in [-0.4, -0.2) is 18.8 Å². The number of terminal acetylenes is 1. The van der Waals surface area contributed by atoms with E-state index in [1.807, 2.05) is 0 Å². The van der Waals surface area contributed by atoms with Gasteiger partial charge in [-0.25, -0.2) is 0 Å². The van der Waals surface area contributed by atoms with Gasteiger partial charge in [-0.15, -0.1) is 6.42 Å². The van der Waals surface area contributed by atoms with E-state index in [0.717, 1.165) is 0 Å². The van der Waals surface area contributed by atoms with Crippen LogP contribution in [-0.2, 0) is 0 Å². The lowest BCUT2D eigenvalue weighted by Crippen LogP contribution is -2.40. The second-order valence-electron chi connectivity index (χ2n) is 1.70. The minimum absolute atomic E-state index is 0.217. The molecule has 0 aromatic heterocycles. The van der Waals surface area contributed by atoms with Gasteiger partial charge in [-0.2, -0.15) is 13.2 Å². The number of alkyl halides is 3. The van der Waals surface area contributed by atoms with Gasteiger partial charge in [0.05, 0.1) is 0 Å². The monoisotopic (exact) mass is 151 g/mol. The first kappa shape index (κ1) is 9.31. The van der Waals surface area contributed by atoms with Gasteiger partial charge in [0.2, 0.25) is 0 Å². The van der Waals surface area contributed by atoms with Crippen LogP contribution in [0.2, 0.25) is 0 Å². The molecule has 0 aliphatic carbocycles. The van der Waals surface area contributed by atoms with Crippen molar-refractivity contribution in [3.8, 4) is 12.3 Å². The molecule has 0 spiro atoms. The van der Waals surface area contributed by atoms with E-state index in [4.69, 9.17) is 0 Å². The Labute approximate surface area is 57.6 Å². The summed E-state index contributed by atoms with van der Waals surface area (Å²) in [5.41, 5.74) is 0. The number of halogens is 3. The van der Waals surface area contributed by atoms with E-state index >= 15 is 0 Å². The fourth-order valence-corrected chi connectivity index (χ4v) is 0.473. The van der Waals surface area contributed by atoms with E-state index in [1.165, 1.54) is 0 Å². The quantitative estimate of drug-likeness (QED) is 0.584. The number of nitrogens with one attached hydrogen (secondary N) is 1. The molecule has 0 amide bonds. The summed E-state index contributed by atoms with van der Waals surface area (Å²) in [6.07, 6.45) is 0.284. The molecule has 4 heteroatoms. The maximum absolute atomic E-state index is 11.7. The minimum Gasteiger partial charge on any atom is -0.296 e. The predicted octanol–water partition coefficient (Wildman–Crippen LogP) is 1.16. The van der Waals surface area contributed by atoms with Gasteiger partial charge in [-0.3, -0.25) is 5.32 Å². The Kier molecular flexibility index (Phi) is 3.23. The first-order valence-electron chi connectivity index (χ1n) is 2.78. The third-order valence-electron chi connectivity index (χ3n) is 0.902. The standard InChI is InChI=1S/C6H8F3N/c1-3-5(10-4-2)6(7,8)9/h1,5,10H,4H2,2H3. The highest BCUT2D eigenvalue weighted by Gasteiger charge is 2.37. The lowest BCUT2D eigenvalue weighted by atomic mass is 10.3. The Morgan fingerprint density at radius 1 is 1.60 bits per heavy atom. The molecule has 0 aliphatic rings. The van der Waals surface area contributed by atoms with Crippen molar-refractivity contribution in [2.24, 2.45) is 0 Å². The Balaban J connectivity index is 3.98. The molecular weight excluding hydrogens is 143 g/mol. The molecule has 1 nitrogen and oxygen atoms in total. The number of hydrogen-bond acceptors (Lipinski definition) is 1. The first-order chi connectivity index (χ1) is 4.52. The smallest absolute Gasteiger partial charge is 0.296 e. The summed E-state index contributed by atoms with van der Waals surface area (Å²) in [7, 11) is 0. The molecule has 0 radical (unpaired) electrons. The van der Waals surface area contributed by atoms with Crippen molar-refractivity contribution in [2.45, 2.75) is 19.1 Å². The van der Waals surface area contributed by atoms with E-state index in [1.54, 1.807) is 12.8 Å². The molecule has 0 aliphatic heterocycles. The van der Waals surface area contributed by atoms with Gasteiger partial charge in [0.15, 0.2) is 6.04 Å².